The zero-order valence-corrected chi connectivity index (χ0v) is 10.2. The number of nitrogens with two attached hydrogens (primary N) is 1. The number of nitrogens with one attached hydrogen (secondary N) is 1. The second-order valence-electron chi connectivity index (χ2n) is 4.09. The summed E-state index contributed by atoms with van der Waals surface area (Å²) in [4.78, 5) is 4.48. The molecule has 4 nitrogen and oxygen atoms in total. The highest BCUT2D eigenvalue weighted by atomic mass is 79.9. The first-order valence-electron chi connectivity index (χ1n) is 5.21. The van der Waals surface area contributed by atoms with Gasteiger partial charge in [0.15, 0.2) is 5.82 Å². The molecule has 0 atom stereocenters. The number of anilines is 1. The summed E-state index contributed by atoms with van der Waals surface area (Å²) in [6, 6.07) is 5.71. The summed E-state index contributed by atoms with van der Waals surface area (Å²) in [6.45, 7) is 0. The van der Waals surface area contributed by atoms with E-state index in [2.05, 4.69) is 31.1 Å². The van der Waals surface area contributed by atoms with Gasteiger partial charge in [-0.05, 0) is 31.0 Å². The molecule has 16 heavy (non-hydrogen) atoms. The second kappa shape index (κ2) is 3.59. The lowest BCUT2D eigenvalue weighted by Gasteiger charge is -1.99. The van der Waals surface area contributed by atoms with E-state index in [9.17, 15) is 0 Å². The fourth-order valence-corrected chi connectivity index (χ4v) is 2.20. The number of rotatable bonds is 2. The van der Waals surface area contributed by atoms with Crippen LogP contribution in [0.1, 0.15) is 24.6 Å². The highest BCUT2D eigenvalue weighted by Gasteiger charge is 2.27. The summed E-state index contributed by atoms with van der Waals surface area (Å²) in [5, 5.41) is 7.21. The molecule has 1 aliphatic rings. The van der Waals surface area contributed by atoms with Crippen molar-refractivity contribution in [1.29, 1.82) is 0 Å². The van der Waals surface area contributed by atoms with Gasteiger partial charge in [-0.3, -0.25) is 5.10 Å². The molecule has 2 aromatic rings. The highest BCUT2D eigenvalue weighted by molar-refractivity contribution is 9.10. The molecule has 1 heterocycles. The maximum atomic E-state index is 5.78. The summed E-state index contributed by atoms with van der Waals surface area (Å²) < 4.78 is 0.945. The predicted molar refractivity (Wildman–Crippen MR) is 65.9 cm³/mol. The number of halogens is 1. The van der Waals surface area contributed by atoms with Crippen LogP contribution in [0.25, 0.3) is 11.4 Å². The minimum atomic E-state index is 0.589. The number of hydrogen-bond donors (Lipinski definition) is 2. The minimum absolute atomic E-state index is 0.589. The third kappa shape index (κ3) is 1.82. The van der Waals surface area contributed by atoms with Gasteiger partial charge in [-0.25, -0.2) is 4.98 Å². The van der Waals surface area contributed by atoms with E-state index < -0.39 is 0 Å². The fourth-order valence-electron chi connectivity index (χ4n) is 1.68. The lowest BCUT2D eigenvalue weighted by molar-refractivity contribution is 0.935. The van der Waals surface area contributed by atoms with Crippen molar-refractivity contribution >= 4 is 21.6 Å². The second-order valence-corrected chi connectivity index (χ2v) is 5.01. The van der Waals surface area contributed by atoms with Crippen molar-refractivity contribution in [1.82, 2.24) is 15.2 Å². The van der Waals surface area contributed by atoms with Gasteiger partial charge >= 0.3 is 0 Å². The van der Waals surface area contributed by atoms with E-state index in [-0.39, 0.29) is 0 Å². The normalized spacial score (nSPS) is 15.3. The molecule has 0 amide bonds. The quantitative estimate of drug-likeness (QED) is 0.830. The van der Waals surface area contributed by atoms with Crippen LogP contribution in [-0.4, -0.2) is 15.2 Å². The Hall–Kier alpha value is -1.36. The number of benzene rings is 1. The smallest absolute Gasteiger partial charge is 0.181 e. The lowest BCUT2D eigenvalue weighted by Crippen LogP contribution is -1.88. The van der Waals surface area contributed by atoms with Crippen LogP contribution in [-0.2, 0) is 0 Å². The van der Waals surface area contributed by atoms with Crippen LogP contribution >= 0.6 is 15.9 Å². The van der Waals surface area contributed by atoms with Crippen molar-refractivity contribution in [2.24, 2.45) is 0 Å². The number of nitrogens with zero attached hydrogens (tertiary/aromatic N) is 2. The molecule has 5 heteroatoms. The van der Waals surface area contributed by atoms with Crippen molar-refractivity contribution in [2.75, 3.05) is 5.73 Å². The van der Waals surface area contributed by atoms with Gasteiger partial charge in [0.1, 0.15) is 5.82 Å². The molecule has 1 aliphatic carbocycles. The van der Waals surface area contributed by atoms with Gasteiger partial charge in [0.25, 0.3) is 0 Å². The molecule has 82 valence electrons. The van der Waals surface area contributed by atoms with E-state index >= 15 is 0 Å². The first kappa shape index (κ1) is 9.84. The number of aromatic nitrogens is 3. The lowest BCUT2D eigenvalue weighted by atomic mass is 10.2. The van der Waals surface area contributed by atoms with Crippen LogP contribution < -0.4 is 5.73 Å². The first-order valence-corrected chi connectivity index (χ1v) is 6.00. The van der Waals surface area contributed by atoms with E-state index in [0.29, 0.717) is 11.6 Å². The average molecular weight is 279 g/mol. The van der Waals surface area contributed by atoms with Crippen LogP contribution in [0, 0.1) is 0 Å². The summed E-state index contributed by atoms with van der Waals surface area (Å²) >= 11 is 3.41. The van der Waals surface area contributed by atoms with Gasteiger partial charge < -0.3 is 5.73 Å². The molecule has 3 N–H and O–H groups in total. The fraction of sp³-hybridized carbons (Fsp3) is 0.273. The molecule has 1 aromatic carbocycles. The summed E-state index contributed by atoms with van der Waals surface area (Å²) in [7, 11) is 0. The van der Waals surface area contributed by atoms with Crippen LogP contribution in [0.5, 0.6) is 0 Å². The Balaban J connectivity index is 2.00. The van der Waals surface area contributed by atoms with Crippen molar-refractivity contribution in [3.8, 4) is 11.4 Å². The summed E-state index contributed by atoms with van der Waals surface area (Å²) in [5.74, 6) is 2.30. The van der Waals surface area contributed by atoms with Crippen LogP contribution in [0.4, 0.5) is 5.69 Å². The SMILES string of the molecule is Nc1cc(Br)cc(-c2n[nH]c(C3CC3)n2)c1. The van der Waals surface area contributed by atoms with Crippen molar-refractivity contribution in [2.45, 2.75) is 18.8 Å². The Labute approximate surface area is 101 Å². The zero-order valence-electron chi connectivity index (χ0n) is 8.57. The Morgan fingerprint density at radius 2 is 2.12 bits per heavy atom. The number of hydrogen-bond acceptors (Lipinski definition) is 3. The molecule has 0 aliphatic heterocycles. The average Bonchev–Trinajstić information content (AvgIpc) is 2.95. The van der Waals surface area contributed by atoms with Gasteiger partial charge in [-0.2, -0.15) is 5.10 Å². The van der Waals surface area contributed by atoms with E-state index in [1.54, 1.807) is 0 Å². The van der Waals surface area contributed by atoms with Gasteiger partial charge in [-0.1, -0.05) is 15.9 Å². The van der Waals surface area contributed by atoms with E-state index in [4.69, 9.17) is 5.73 Å². The molecule has 0 saturated heterocycles. The molecule has 0 radical (unpaired) electrons. The van der Waals surface area contributed by atoms with Crippen LogP contribution in [0.3, 0.4) is 0 Å². The van der Waals surface area contributed by atoms with Crippen LogP contribution in [0.2, 0.25) is 0 Å². The van der Waals surface area contributed by atoms with Gasteiger partial charge in [-0.15, -0.1) is 0 Å². The van der Waals surface area contributed by atoms with Gasteiger partial charge in [0.05, 0.1) is 0 Å². The molecule has 0 unspecified atom stereocenters. The standard InChI is InChI=1S/C11H11BrN4/c12-8-3-7(4-9(13)5-8)11-14-10(15-16-11)6-1-2-6/h3-6H,1-2,13H2,(H,14,15,16). The zero-order chi connectivity index (χ0) is 11.1. The topological polar surface area (TPSA) is 67.6 Å². The van der Waals surface area contributed by atoms with Crippen molar-refractivity contribution in [3.63, 3.8) is 0 Å². The van der Waals surface area contributed by atoms with Crippen LogP contribution in [0.15, 0.2) is 22.7 Å². The first-order chi connectivity index (χ1) is 7.72. The maximum absolute atomic E-state index is 5.78. The molecular formula is C11H11BrN4. The van der Waals surface area contributed by atoms with E-state index in [1.807, 2.05) is 18.2 Å². The highest BCUT2D eigenvalue weighted by Crippen LogP contribution is 2.38. The third-order valence-electron chi connectivity index (χ3n) is 2.65. The number of nitrogen functional groups attached to an aromatic ring is 1. The third-order valence-corrected chi connectivity index (χ3v) is 3.10. The molecular weight excluding hydrogens is 268 g/mol. The van der Waals surface area contributed by atoms with Crippen molar-refractivity contribution < 1.29 is 0 Å². The molecule has 0 spiro atoms. The number of H-pyrrole nitrogens is 1. The van der Waals surface area contributed by atoms with Crippen molar-refractivity contribution in [3.05, 3.63) is 28.5 Å². The summed E-state index contributed by atoms with van der Waals surface area (Å²) in [5.41, 5.74) is 7.43. The summed E-state index contributed by atoms with van der Waals surface area (Å²) in [6.07, 6.45) is 2.44. The Morgan fingerprint density at radius 1 is 1.31 bits per heavy atom. The Morgan fingerprint density at radius 3 is 2.81 bits per heavy atom. The largest absolute Gasteiger partial charge is 0.399 e. The molecule has 1 aromatic heterocycles. The predicted octanol–water partition coefficient (Wildman–Crippen LogP) is 2.69. The Kier molecular flexibility index (Phi) is 2.21. The molecule has 0 bridgehead atoms. The minimum Gasteiger partial charge on any atom is -0.399 e. The number of aromatic amines is 1. The molecule has 3 rings (SSSR count). The van der Waals surface area contributed by atoms with Gasteiger partial charge in [0, 0.05) is 21.6 Å². The maximum Gasteiger partial charge on any atom is 0.181 e. The molecule has 1 fully saturated rings. The monoisotopic (exact) mass is 278 g/mol. The van der Waals surface area contributed by atoms with E-state index in [0.717, 1.165) is 21.7 Å². The van der Waals surface area contributed by atoms with E-state index in [1.165, 1.54) is 12.8 Å². The Bertz CT molecular complexity index is 510. The molecule has 1 saturated carbocycles. The van der Waals surface area contributed by atoms with Gasteiger partial charge in [0.2, 0.25) is 0 Å².